The Hall–Kier alpha value is 0.670. The van der Waals surface area contributed by atoms with Crippen molar-refractivity contribution >= 4 is 60.5 Å². The lowest BCUT2D eigenvalue weighted by molar-refractivity contribution is 0.521. The fraction of sp³-hybridized carbons (Fsp3) is 0.600. The van der Waals surface area contributed by atoms with Gasteiger partial charge in [0.2, 0.25) is 10.0 Å². The first kappa shape index (κ1) is 15.1. The molecule has 1 aromatic rings. The van der Waals surface area contributed by atoms with E-state index in [0.717, 1.165) is 30.6 Å². The summed E-state index contributed by atoms with van der Waals surface area (Å²) in [6.07, 6.45) is 2.81. The van der Waals surface area contributed by atoms with Crippen LogP contribution in [0.15, 0.2) is 14.1 Å². The van der Waals surface area contributed by atoms with Gasteiger partial charge in [-0.15, -0.1) is 22.9 Å². The molecule has 0 amide bonds. The highest BCUT2D eigenvalue weighted by atomic mass is 79.9. The molecule has 0 radical (unpaired) electrons. The standard InChI is InChI=1S/C10H12BrCl2NO2S2/c11-10-8(13)4-9(17-10)18(15,16)14-5-6-1-2-7(12)3-6/h4,6-7,14H,1-3,5H2. The van der Waals surface area contributed by atoms with Crippen molar-refractivity contribution in [1.29, 1.82) is 0 Å². The van der Waals surface area contributed by atoms with Crippen molar-refractivity contribution in [3.8, 4) is 0 Å². The lowest BCUT2D eigenvalue weighted by Gasteiger charge is -2.10. The molecule has 2 rings (SSSR count). The van der Waals surface area contributed by atoms with Crippen molar-refractivity contribution in [2.24, 2.45) is 5.92 Å². The normalized spacial score (nSPS) is 24.6. The summed E-state index contributed by atoms with van der Waals surface area (Å²) in [6.45, 7) is 0.443. The van der Waals surface area contributed by atoms with Crippen molar-refractivity contribution in [1.82, 2.24) is 4.72 Å². The van der Waals surface area contributed by atoms with Crippen molar-refractivity contribution < 1.29 is 8.42 Å². The summed E-state index contributed by atoms with van der Waals surface area (Å²) in [5.74, 6) is 0.334. The first-order valence-electron chi connectivity index (χ1n) is 5.47. The molecule has 0 aliphatic heterocycles. The monoisotopic (exact) mass is 391 g/mol. The molecule has 1 N–H and O–H groups in total. The maximum atomic E-state index is 12.0. The molecule has 1 fully saturated rings. The number of alkyl halides is 1. The number of halogens is 3. The molecule has 1 aliphatic rings. The Morgan fingerprint density at radius 2 is 2.22 bits per heavy atom. The molecule has 18 heavy (non-hydrogen) atoms. The van der Waals surface area contributed by atoms with Crippen LogP contribution >= 0.6 is 50.5 Å². The van der Waals surface area contributed by atoms with E-state index in [1.165, 1.54) is 6.07 Å². The van der Waals surface area contributed by atoms with Crippen LogP contribution in [0.1, 0.15) is 19.3 Å². The van der Waals surface area contributed by atoms with Gasteiger partial charge in [-0.2, -0.15) is 0 Å². The van der Waals surface area contributed by atoms with E-state index < -0.39 is 10.0 Å². The average molecular weight is 393 g/mol. The van der Waals surface area contributed by atoms with E-state index in [2.05, 4.69) is 20.7 Å². The van der Waals surface area contributed by atoms with E-state index in [0.29, 0.717) is 21.3 Å². The second-order valence-electron chi connectivity index (χ2n) is 4.32. The molecule has 1 saturated carbocycles. The average Bonchev–Trinajstić information content (AvgIpc) is 2.84. The molecular formula is C10H12BrCl2NO2S2. The van der Waals surface area contributed by atoms with Crippen molar-refractivity contribution in [2.45, 2.75) is 28.8 Å². The Balaban J connectivity index is 1.99. The number of thiophene rings is 1. The molecule has 1 heterocycles. The van der Waals surface area contributed by atoms with E-state index in [1.807, 2.05) is 0 Å². The zero-order valence-corrected chi connectivity index (χ0v) is 14.1. The molecule has 8 heteroatoms. The number of nitrogens with one attached hydrogen (secondary N) is 1. The Kier molecular flexibility index (Phi) is 5.00. The van der Waals surface area contributed by atoms with Gasteiger partial charge in [0.15, 0.2) is 0 Å². The van der Waals surface area contributed by atoms with Crippen molar-refractivity contribution in [3.05, 3.63) is 14.9 Å². The molecule has 2 unspecified atom stereocenters. The third-order valence-corrected chi connectivity index (χ3v) is 7.69. The van der Waals surface area contributed by atoms with Crippen LogP contribution < -0.4 is 4.72 Å². The molecule has 0 saturated heterocycles. The highest BCUT2D eigenvalue weighted by molar-refractivity contribution is 9.11. The highest BCUT2D eigenvalue weighted by Gasteiger charge is 2.25. The first-order valence-corrected chi connectivity index (χ1v) is 9.38. The molecule has 0 aromatic carbocycles. The minimum atomic E-state index is -3.46. The maximum Gasteiger partial charge on any atom is 0.250 e. The largest absolute Gasteiger partial charge is 0.250 e. The number of hydrogen-bond acceptors (Lipinski definition) is 3. The zero-order chi connectivity index (χ0) is 13.3. The summed E-state index contributed by atoms with van der Waals surface area (Å²) < 4.78 is 27.5. The van der Waals surface area contributed by atoms with Crippen LogP contribution in [0.4, 0.5) is 0 Å². The fourth-order valence-corrected chi connectivity index (χ4v) is 5.89. The molecule has 1 aromatic heterocycles. The molecule has 0 spiro atoms. The van der Waals surface area contributed by atoms with Crippen LogP contribution in [-0.2, 0) is 10.0 Å². The van der Waals surface area contributed by atoms with Crippen LogP contribution in [0.25, 0.3) is 0 Å². The van der Waals surface area contributed by atoms with Gasteiger partial charge in [0.25, 0.3) is 0 Å². The summed E-state index contributed by atoms with van der Waals surface area (Å²) in [4.78, 5) is 0. The van der Waals surface area contributed by atoms with Gasteiger partial charge in [-0.3, -0.25) is 0 Å². The van der Waals surface area contributed by atoms with Crippen molar-refractivity contribution in [2.75, 3.05) is 6.54 Å². The fourth-order valence-electron chi connectivity index (χ4n) is 1.96. The lowest BCUT2D eigenvalue weighted by atomic mass is 10.1. The highest BCUT2D eigenvalue weighted by Crippen LogP contribution is 2.35. The number of rotatable bonds is 4. The summed E-state index contributed by atoms with van der Waals surface area (Å²) in [5.41, 5.74) is 0. The van der Waals surface area contributed by atoms with E-state index in [1.54, 1.807) is 0 Å². The van der Waals surface area contributed by atoms with Gasteiger partial charge >= 0.3 is 0 Å². The molecule has 0 bridgehead atoms. The van der Waals surface area contributed by atoms with Gasteiger partial charge in [-0.25, -0.2) is 13.1 Å². The van der Waals surface area contributed by atoms with Crippen molar-refractivity contribution in [3.63, 3.8) is 0 Å². The zero-order valence-electron chi connectivity index (χ0n) is 9.33. The Morgan fingerprint density at radius 3 is 2.72 bits per heavy atom. The minimum Gasteiger partial charge on any atom is -0.210 e. The molecule has 2 atom stereocenters. The lowest BCUT2D eigenvalue weighted by Crippen LogP contribution is -2.28. The van der Waals surface area contributed by atoms with E-state index >= 15 is 0 Å². The first-order chi connectivity index (χ1) is 8.38. The van der Waals surface area contributed by atoms with E-state index in [9.17, 15) is 8.42 Å². The predicted molar refractivity (Wildman–Crippen MR) is 79.2 cm³/mol. The van der Waals surface area contributed by atoms with E-state index in [-0.39, 0.29) is 9.59 Å². The smallest absolute Gasteiger partial charge is 0.210 e. The second kappa shape index (κ2) is 5.97. The van der Waals surface area contributed by atoms with Gasteiger partial charge < -0.3 is 0 Å². The van der Waals surface area contributed by atoms with E-state index in [4.69, 9.17) is 23.2 Å². The topological polar surface area (TPSA) is 46.2 Å². The maximum absolute atomic E-state index is 12.0. The van der Waals surface area contributed by atoms with Crippen LogP contribution in [0, 0.1) is 5.92 Å². The second-order valence-corrected chi connectivity index (χ2v) is 9.70. The number of sulfonamides is 1. The third-order valence-electron chi connectivity index (χ3n) is 2.93. The predicted octanol–water partition coefficient (Wildman–Crippen LogP) is 3.85. The Labute approximate surface area is 129 Å². The van der Waals surface area contributed by atoms with Gasteiger partial charge in [-0.1, -0.05) is 11.6 Å². The Bertz CT molecular complexity index is 512. The summed E-state index contributed by atoms with van der Waals surface area (Å²) >= 11 is 16.2. The quantitative estimate of drug-likeness (QED) is 0.791. The van der Waals surface area contributed by atoms with Crippen LogP contribution in [0.3, 0.4) is 0 Å². The molecule has 102 valence electrons. The van der Waals surface area contributed by atoms with Gasteiger partial charge in [0.05, 0.1) is 8.81 Å². The van der Waals surface area contributed by atoms with Crippen LogP contribution in [0.5, 0.6) is 0 Å². The summed E-state index contributed by atoms with van der Waals surface area (Å²) in [6, 6.07) is 1.46. The molecular weight excluding hydrogens is 381 g/mol. The Morgan fingerprint density at radius 1 is 1.50 bits per heavy atom. The SMILES string of the molecule is O=S(=O)(NCC1CCC(Cl)C1)c1cc(Cl)c(Br)s1. The third kappa shape index (κ3) is 3.61. The molecule has 1 aliphatic carbocycles. The summed E-state index contributed by atoms with van der Waals surface area (Å²) in [5, 5.41) is 0.604. The van der Waals surface area contributed by atoms with Gasteiger partial charge in [-0.05, 0) is 47.2 Å². The minimum absolute atomic E-state index is 0.185. The van der Waals surface area contributed by atoms with Crippen LogP contribution in [-0.4, -0.2) is 20.3 Å². The summed E-state index contributed by atoms with van der Waals surface area (Å²) in [7, 11) is -3.46. The molecule has 3 nitrogen and oxygen atoms in total. The van der Waals surface area contributed by atoms with Gasteiger partial charge in [0.1, 0.15) is 4.21 Å². The number of hydrogen-bond donors (Lipinski definition) is 1. The van der Waals surface area contributed by atoms with Crippen LogP contribution in [0.2, 0.25) is 5.02 Å². The van der Waals surface area contributed by atoms with Gasteiger partial charge in [0, 0.05) is 11.9 Å².